The van der Waals surface area contributed by atoms with E-state index in [-0.39, 0.29) is 58.5 Å². The standard InChI is InChI=1S/C17H27NO3S.C14H17BrN2O3S.C14H17N3O5S.C14H14N2O3S.C12H16BrNO3S.C12H16INO3S.C12H18N2O3S/c1-14(2)13-21-22(19,20)11-5-9-18-10-8-17-15(3)6-4-7-16(17)12-18;15-10-2-3-13-12(8-10)11-4-6-17(9-14(11)16-13)5-1-7-21(18,19)20;18-17(19)10-2-3-13-12(8-10)11-4-6-16(9-14(11)15-13)5-1-7-23(20,21)22;17-20(18,19)9-3-7-16-8-6-12-11-4-1-2-5-13(11)15-14(12)10-16;13-12-3-2-10-4-6-14(9-11(10)8-12)5-1-7-18(15,16)17;13-12-4-1-3-10-9-14(7-5-11(10)12)6-2-8-18(15,16)17;13-12-3-2-10-4-6-14(9-11(10)8-12)5-1-7-18(15,16)17/h4,6-7,14H,5,8-13H2,1-3H3;2-3,8,16H,1,4-7,9H2,(H,18,19,20);2-3,8,15H,1,4-7,9H2,(H,20,21,22);1-2,4-6,8,10H,3,7,9H2,(H,17,18,19);2-3,8H,1,4-7,9H2,(H,15,16,17);1,3-4H,2,5-9H2,(H,15,16,17);2-3,8H,1,4-7,9,13H2,(H,15,16,17)/p+1. The Kier molecular flexibility index (Phi) is 41.7. The van der Waals surface area contributed by atoms with E-state index in [0.717, 1.165) is 181 Å². The van der Waals surface area contributed by atoms with Gasteiger partial charge in [0.2, 0.25) is 0 Å². The Morgan fingerprint density at radius 3 is 1.35 bits per heavy atom. The molecule has 0 spiro atoms. The van der Waals surface area contributed by atoms with Crippen LogP contribution >= 0.6 is 54.5 Å². The van der Waals surface area contributed by atoms with E-state index in [1.807, 2.05) is 73.3 Å². The number of nitro groups is 1. The van der Waals surface area contributed by atoms with Crippen molar-refractivity contribution in [2.75, 3.05) is 125 Å². The average molecular weight is 2320 g/mol. The molecule has 11 N–H and O–H groups in total. The highest BCUT2D eigenvalue weighted by atomic mass is 127. The fourth-order valence-electron chi connectivity index (χ4n) is 18.1. The molecule has 0 bridgehead atoms. The van der Waals surface area contributed by atoms with Gasteiger partial charge in [0, 0.05) is 177 Å². The summed E-state index contributed by atoms with van der Waals surface area (Å²) >= 11 is 9.32. The number of halogens is 3. The van der Waals surface area contributed by atoms with Gasteiger partial charge in [0.25, 0.3) is 66.4 Å². The highest BCUT2D eigenvalue weighted by Crippen LogP contribution is 2.34. The number of nitrogens with one attached hydrogen (secondary N) is 3. The SMILES string of the molecule is Cc1cccc2c1CCN(CCCS(=O)(=O)OCC(C)C)C2.O=S(=O)(O)CCCN1CCc2c(I)cccc2C1.O=S(=O)(O)CCCN1CCc2c([nH]c3ccc(Br)cc23)C1.O=S(=O)(O)CCCN1CCc2ccc(Br)cc2C1.O=S(=O)([O-])CCC[n+]1ccc2c(c1)[nH]c1ccccc12.O=[N+]([O-])c1ccc2[nH]c3c(c2c1)CCN(CCCS(=O)(=O)O)C3.[NH3+]c1ccc2c(c1)CN(CCCS(=O)(=O)O)CC2. The van der Waals surface area contributed by atoms with E-state index in [1.165, 1.54) is 76.4 Å². The van der Waals surface area contributed by atoms with Gasteiger partial charge in [0.15, 0.2) is 12.4 Å². The second-order valence-electron chi connectivity index (χ2n) is 36.4. The fraction of sp³-hybridized carbons (Fsp3) is 0.463. The lowest BCUT2D eigenvalue weighted by Gasteiger charge is -2.29. The summed E-state index contributed by atoms with van der Waals surface area (Å²) in [5, 5.41) is 15.3. The zero-order chi connectivity index (χ0) is 101. The molecule has 140 heavy (non-hydrogen) atoms. The van der Waals surface area contributed by atoms with Gasteiger partial charge in [-0.05, 0) is 268 Å². The van der Waals surface area contributed by atoms with E-state index in [1.54, 1.807) is 12.1 Å². The molecular formula is C95H126Br2IN12O23S7+. The Morgan fingerprint density at radius 1 is 0.429 bits per heavy atom. The molecule has 0 atom stereocenters. The van der Waals surface area contributed by atoms with Gasteiger partial charge in [0.1, 0.15) is 17.7 Å². The number of aryl methyl sites for hydroxylation is 2. The van der Waals surface area contributed by atoms with E-state index in [4.69, 9.17) is 26.9 Å². The maximum absolute atomic E-state index is 11.8. The number of H-pyrrole nitrogens is 3. The van der Waals surface area contributed by atoms with Crippen LogP contribution < -0.4 is 10.3 Å². The number of pyridine rings is 1. The highest BCUT2D eigenvalue weighted by Gasteiger charge is 2.28. The van der Waals surface area contributed by atoms with Gasteiger partial charge in [-0.3, -0.25) is 66.5 Å². The summed E-state index contributed by atoms with van der Waals surface area (Å²) in [4.78, 5) is 33.9. The van der Waals surface area contributed by atoms with Crippen LogP contribution in [0, 0.1) is 26.5 Å². The molecule has 7 aromatic carbocycles. The number of rotatable bonds is 32. The van der Waals surface area contributed by atoms with Crippen molar-refractivity contribution in [3.05, 3.63) is 247 Å². The molecule has 0 saturated heterocycles. The first-order valence-corrected chi connectivity index (χ1v) is 60.3. The number of benzene rings is 7. The van der Waals surface area contributed by atoms with E-state index >= 15 is 0 Å². The number of fused-ring (bicyclic) bond motifs is 13. The quantitative estimate of drug-likeness (QED) is 0.00472. The van der Waals surface area contributed by atoms with Crippen molar-refractivity contribution in [1.82, 2.24) is 44.4 Å². The van der Waals surface area contributed by atoms with Crippen LogP contribution in [0.2, 0.25) is 0 Å². The smallest absolute Gasteiger partial charge is 0.270 e. The van der Waals surface area contributed by atoms with Crippen LogP contribution in [0.3, 0.4) is 0 Å². The van der Waals surface area contributed by atoms with Crippen molar-refractivity contribution < 1.29 is 106 Å². The molecule has 0 radical (unpaired) electrons. The van der Waals surface area contributed by atoms with Crippen LogP contribution in [0.4, 0.5) is 11.4 Å². The summed E-state index contributed by atoms with van der Waals surface area (Å²) < 4.78 is 216. The van der Waals surface area contributed by atoms with Crippen molar-refractivity contribution in [3.63, 3.8) is 0 Å². The lowest BCUT2D eigenvalue weighted by Crippen LogP contribution is -2.41. The lowest BCUT2D eigenvalue weighted by molar-refractivity contribution is -0.695. The van der Waals surface area contributed by atoms with E-state index in [9.17, 15) is 73.6 Å². The topological polar surface area (TPSA) is 514 Å². The van der Waals surface area contributed by atoms with Gasteiger partial charge < -0.3 is 25.2 Å². The van der Waals surface area contributed by atoms with Crippen molar-refractivity contribution >= 4 is 180 Å². The first-order valence-electron chi connectivity index (χ1n) is 46.4. The highest BCUT2D eigenvalue weighted by molar-refractivity contribution is 14.1. The van der Waals surface area contributed by atoms with Crippen LogP contribution in [0.15, 0.2) is 161 Å². The Labute approximate surface area is 851 Å². The minimum atomic E-state index is -4.13. The van der Waals surface area contributed by atoms with Gasteiger partial charge >= 0.3 is 0 Å². The molecule has 4 aromatic heterocycles. The summed E-state index contributed by atoms with van der Waals surface area (Å²) in [6.45, 7) is 21.4. The van der Waals surface area contributed by atoms with E-state index in [0.29, 0.717) is 90.8 Å². The molecule has 766 valence electrons. The Balaban J connectivity index is 0.000000157. The van der Waals surface area contributed by atoms with E-state index in [2.05, 4.69) is 190 Å². The lowest BCUT2D eigenvalue weighted by atomic mass is 9.95. The molecule has 0 amide bonds. The number of non-ortho nitro benzene ring substituents is 1. The van der Waals surface area contributed by atoms with Gasteiger partial charge in [-0.1, -0.05) is 106 Å². The molecule has 6 aliphatic rings. The number of para-hydroxylation sites is 1. The van der Waals surface area contributed by atoms with E-state index < -0.39 is 75.8 Å². The van der Waals surface area contributed by atoms with Gasteiger partial charge in [-0.25, -0.2) is 13.0 Å². The van der Waals surface area contributed by atoms with Crippen LogP contribution in [0.5, 0.6) is 0 Å². The maximum Gasteiger partial charge on any atom is 0.270 e. The van der Waals surface area contributed by atoms with Crippen LogP contribution in [-0.4, -0.2) is 261 Å². The monoisotopic (exact) mass is 2310 g/mol. The molecule has 10 heterocycles. The van der Waals surface area contributed by atoms with Crippen molar-refractivity contribution in [1.29, 1.82) is 0 Å². The minimum absolute atomic E-state index is 0.0786. The zero-order valence-corrected chi connectivity index (χ0v) is 89.7. The average Bonchev–Trinajstić information content (AvgIpc) is 1.63. The largest absolute Gasteiger partial charge is 0.748 e. The second kappa shape index (κ2) is 51.7. The van der Waals surface area contributed by atoms with Crippen molar-refractivity contribution in [2.24, 2.45) is 5.92 Å². The van der Waals surface area contributed by atoms with Gasteiger partial charge in [0.05, 0.1) is 56.2 Å². The number of nitrogens with zero attached hydrogens (tertiary/aromatic N) is 8. The number of hydrogen-bond acceptors (Lipinski definition) is 24. The summed E-state index contributed by atoms with van der Waals surface area (Å²) in [6, 6.07) is 46.3. The first kappa shape index (κ1) is 113. The zero-order valence-electron chi connectivity index (χ0n) is 78.7. The minimum Gasteiger partial charge on any atom is -0.748 e. The summed E-state index contributed by atoms with van der Waals surface area (Å²) in [5.74, 6) is -0.868. The third kappa shape index (κ3) is 37.7. The normalized spacial score (nSPS) is 15.7. The second-order valence-corrected chi connectivity index (χ2v) is 50.5. The Bertz CT molecular complexity index is 6830. The summed E-state index contributed by atoms with van der Waals surface area (Å²) in [7, 11) is -26.7. The Hall–Kier alpha value is -7.25. The number of nitro benzene ring substituents is 1. The van der Waals surface area contributed by atoms with Crippen LogP contribution in [-0.2, 0) is 159 Å². The van der Waals surface area contributed by atoms with Crippen molar-refractivity contribution in [2.45, 2.75) is 150 Å². The Morgan fingerprint density at radius 2 is 0.843 bits per heavy atom. The summed E-state index contributed by atoms with van der Waals surface area (Å²) in [6.07, 6.45) is 12.8. The molecule has 0 aliphatic carbocycles. The molecule has 0 saturated carbocycles. The van der Waals surface area contributed by atoms with Gasteiger partial charge in [-0.2, -0.15) is 50.5 Å². The molecule has 0 unspecified atom stereocenters. The van der Waals surface area contributed by atoms with Crippen LogP contribution in [0.25, 0.3) is 43.6 Å². The van der Waals surface area contributed by atoms with Crippen LogP contribution in [0.1, 0.15) is 131 Å². The molecule has 17 rings (SSSR count). The maximum atomic E-state index is 11.8. The molecule has 35 nitrogen and oxygen atoms in total. The number of quaternary nitrogens is 1. The third-order valence-corrected chi connectivity index (χ3v) is 33.0. The number of hydrogen-bond donors (Lipinski definition) is 9. The predicted molar refractivity (Wildman–Crippen MR) is 558 cm³/mol. The first-order chi connectivity index (χ1) is 66.0. The number of aromatic amines is 3. The third-order valence-electron chi connectivity index (χ3n) is 24.9. The fourth-order valence-corrected chi connectivity index (χ4v) is 23.7. The predicted octanol–water partition coefficient (Wildman–Crippen LogP) is 12.8. The molecule has 45 heteroatoms. The molecular weight excluding hydrogens is 2190 g/mol. The van der Waals surface area contributed by atoms with Crippen molar-refractivity contribution in [3.8, 4) is 0 Å². The number of aromatic nitrogens is 4. The van der Waals surface area contributed by atoms with Gasteiger partial charge in [-0.15, -0.1) is 0 Å². The molecule has 6 aliphatic heterocycles. The molecule has 11 aromatic rings. The summed E-state index contributed by atoms with van der Waals surface area (Å²) in [5.41, 5.74) is 26.0. The molecule has 0 fully saturated rings.